The van der Waals surface area contributed by atoms with Crippen LogP contribution in [0.15, 0.2) is 12.3 Å². The third-order valence-electron chi connectivity index (χ3n) is 2.86. The van der Waals surface area contributed by atoms with Crippen molar-refractivity contribution < 1.29 is 28.7 Å². The standard InChI is InChI=1S/C15H19N3O6/c1-4-10(15(22)23-5-2)18-14(21)12-13(24-9(3)20)11(17-8-19)6-7-16-12/h6-8,10H,4-5H2,1-3H3,(H,18,21)(H,16,17,19). The van der Waals surface area contributed by atoms with Gasteiger partial charge in [0.15, 0.2) is 11.4 Å². The van der Waals surface area contributed by atoms with Crippen LogP contribution in [-0.4, -0.2) is 41.9 Å². The smallest absolute Gasteiger partial charge is 0.328 e. The normalized spacial score (nSPS) is 11.1. The molecule has 24 heavy (non-hydrogen) atoms. The Hall–Kier alpha value is -2.97. The van der Waals surface area contributed by atoms with Crippen molar-refractivity contribution in [3.8, 4) is 5.75 Å². The Morgan fingerprint density at radius 3 is 2.58 bits per heavy atom. The molecule has 0 bridgehead atoms. The van der Waals surface area contributed by atoms with Crippen LogP contribution in [-0.2, 0) is 19.1 Å². The van der Waals surface area contributed by atoms with Crippen LogP contribution in [0.2, 0.25) is 0 Å². The second-order valence-corrected chi connectivity index (χ2v) is 4.58. The molecule has 0 aliphatic heterocycles. The van der Waals surface area contributed by atoms with Crippen LogP contribution in [0.25, 0.3) is 0 Å². The van der Waals surface area contributed by atoms with Crippen molar-refractivity contribution in [3.05, 3.63) is 18.0 Å². The van der Waals surface area contributed by atoms with E-state index in [2.05, 4.69) is 15.6 Å². The molecular weight excluding hydrogens is 318 g/mol. The number of pyridine rings is 1. The zero-order valence-electron chi connectivity index (χ0n) is 13.6. The second kappa shape index (κ2) is 9.23. The van der Waals surface area contributed by atoms with Crippen molar-refractivity contribution in [2.75, 3.05) is 11.9 Å². The van der Waals surface area contributed by atoms with Crippen molar-refractivity contribution >= 4 is 29.9 Å². The first-order chi connectivity index (χ1) is 11.4. The van der Waals surface area contributed by atoms with Crippen LogP contribution >= 0.6 is 0 Å². The molecule has 9 nitrogen and oxygen atoms in total. The van der Waals surface area contributed by atoms with E-state index >= 15 is 0 Å². The minimum atomic E-state index is -0.868. The summed E-state index contributed by atoms with van der Waals surface area (Å²) < 4.78 is 9.84. The maximum absolute atomic E-state index is 12.4. The summed E-state index contributed by atoms with van der Waals surface area (Å²) in [6, 6.07) is 0.499. The Labute approximate surface area is 138 Å². The van der Waals surface area contributed by atoms with Gasteiger partial charge in [0.1, 0.15) is 6.04 Å². The third-order valence-corrected chi connectivity index (χ3v) is 2.86. The van der Waals surface area contributed by atoms with E-state index in [1.54, 1.807) is 13.8 Å². The number of nitrogens with one attached hydrogen (secondary N) is 2. The molecule has 1 aromatic heterocycles. The van der Waals surface area contributed by atoms with E-state index in [9.17, 15) is 19.2 Å². The zero-order chi connectivity index (χ0) is 18.1. The number of carbonyl (C=O) groups is 4. The molecule has 0 fully saturated rings. The molecule has 1 unspecified atom stereocenters. The Kier molecular flexibility index (Phi) is 7.34. The van der Waals surface area contributed by atoms with Gasteiger partial charge in [-0.1, -0.05) is 6.92 Å². The first-order valence-electron chi connectivity index (χ1n) is 7.29. The maximum atomic E-state index is 12.4. The van der Waals surface area contributed by atoms with Gasteiger partial charge in [-0.15, -0.1) is 0 Å². The Bertz CT molecular complexity index is 632. The average molecular weight is 337 g/mol. The fourth-order valence-corrected chi connectivity index (χ4v) is 1.83. The summed E-state index contributed by atoms with van der Waals surface area (Å²) in [6.45, 7) is 4.68. The van der Waals surface area contributed by atoms with E-state index in [1.807, 2.05) is 0 Å². The van der Waals surface area contributed by atoms with E-state index in [-0.39, 0.29) is 23.7 Å². The molecule has 130 valence electrons. The van der Waals surface area contributed by atoms with Crippen LogP contribution in [0.4, 0.5) is 5.69 Å². The van der Waals surface area contributed by atoms with Gasteiger partial charge in [-0.25, -0.2) is 9.78 Å². The zero-order valence-corrected chi connectivity index (χ0v) is 13.6. The van der Waals surface area contributed by atoms with Crippen LogP contribution in [0, 0.1) is 0 Å². The van der Waals surface area contributed by atoms with E-state index in [0.29, 0.717) is 12.8 Å². The third kappa shape index (κ3) is 5.04. The number of ether oxygens (including phenoxy) is 2. The number of amides is 2. The van der Waals surface area contributed by atoms with Gasteiger partial charge in [0.2, 0.25) is 6.41 Å². The molecule has 1 atom stereocenters. The van der Waals surface area contributed by atoms with Gasteiger partial charge >= 0.3 is 11.9 Å². The lowest BCUT2D eigenvalue weighted by Gasteiger charge is -2.17. The highest BCUT2D eigenvalue weighted by Crippen LogP contribution is 2.27. The molecule has 9 heteroatoms. The molecule has 0 aliphatic rings. The number of hydrogen-bond acceptors (Lipinski definition) is 7. The fraction of sp³-hybridized carbons (Fsp3) is 0.400. The predicted molar refractivity (Wildman–Crippen MR) is 83.4 cm³/mol. The molecule has 0 radical (unpaired) electrons. The molecule has 0 aliphatic carbocycles. The Morgan fingerprint density at radius 1 is 1.33 bits per heavy atom. The Balaban J connectivity index is 3.12. The molecule has 1 rings (SSSR count). The van der Waals surface area contributed by atoms with Gasteiger partial charge in [-0.2, -0.15) is 0 Å². The topological polar surface area (TPSA) is 124 Å². The van der Waals surface area contributed by atoms with Crippen LogP contribution < -0.4 is 15.4 Å². The molecule has 0 saturated carbocycles. The summed E-state index contributed by atoms with van der Waals surface area (Å²) >= 11 is 0. The van der Waals surface area contributed by atoms with Gasteiger partial charge in [0.05, 0.1) is 12.3 Å². The quantitative estimate of drug-likeness (QED) is 0.527. The minimum Gasteiger partial charge on any atom is -0.464 e. The summed E-state index contributed by atoms with van der Waals surface area (Å²) in [7, 11) is 0. The first kappa shape index (κ1) is 19.1. The number of hydrogen-bond donors (Lipinski definition) is 2. The molecule has 1 heterocycles. The van der Waals surface area contributed by atoms with Crippen molar-refractivity contribution in [2.24, 2.45) is 0 Å². The van der Waals surface area contributed by atoms with Crippen molar-refractivity contribution in [1.29, 1.82) is 0 Å². The van der Waals surface area contributed by atoms with Gasteiger partial charge in [0.25, 0.3) is 5.91 Å². The molecular formula is C15H19N3O6. The number of carbonyl (C=O) groups excluding carboxylic acids is 4. The number of aromatic nitrogens is 1. The van der Waals surface area contributed by atoms with E-state index in [4.69, 9.17) is 9.47 Å². The van der Waals surface area contributed by atoms with Crippen LogP contribution in [0.3, 0.4) is 0 Å². The molecule has 0 saturated heterocycles. The lowest BCUT2D eigenvalue weighted by atomic mass is 10.2. The van der Waals surface area contributed by atoms with Crippen LogP contribution in [0.1, 0.15) is 37.7 Å². The highest BCUT2D eigenvalue weighted by atomic mass is 16.5. The van der Waals surface area contributed by atoms with Gasteiger partial charge in [-0.3, -0.25) is 14.4 Å². The minimum absolute atomic E-state index is 0.101. The highest BCUT2D eigenvalue weighted by Gasteiger charge is 2.25. The number of anilines is 1. The van der Waals surface area contributed by atoms with Crippen LogP contribution in [0.5, 0.6) is 5.75 Å². The SMILES string of the molecule is CCOC(=O)C(CC)NC(=O)c1nccc(NC=O)c1OC(C)=O. The molecule has 0 aromatic carbocycles. The van der Waals surface area contributed by atoms with Crippen molar-refractivity contribution in [2.45, 2.75) is 33.2 Å². The Morgan fingerprint density at radius 2 is 2.04 bits per heavy atom. The predicted octanol–water partition coefficient (Wildman–Crippen LogP) is 0.647. The highest BCUT2D eigenvalue weighted by molar-refractivity contribution is 6.00. The monoisotopic (exact) mass is 337 g/mol. The number of rotatable bonds is 8. The molecule has 2 amide bonds. The lowest BCUT2D eigenvalue weighted by Crippen LogP contribution is -2.41. The van der Waals surface area contributed by atoms with Gasteiger partial charge in [0, 0.05) is 13.1 Å². The van der Waals surface area contributed by atoms with Gasteiger partial charge < -0.3 is 20.1 Å². The molecule has 0 spiro atoms. The summed E-state index contributed by atoms with van der Waals surface area (Å²) in [5, 5.41) is 4.78. The lowest BCUT2D eigenvalue weighted by molar-refractivity contribution is -0.145. The summed E-state index contributed by atoms with van der Waals surface area (Å²) in [5.74, 6) is -2.21. The van der Waals surface area contributed by atoms with E-state index < -0.39 is 23.9 Å². The van der Waals surface area contributed by atoms with Gasteiger partial charge in [-0.05, 0) is 19.4 Å². The van der Waals surface area contributed by atoms with Crippen molar-refractivity contribution in [3.63, 3.8) is 0 Å². The molecule has 1 aromatic rings. The maximum Gasteiger partial charge on any atom is 0.328 e. The summed E-state index contributed by atoms with van der Waals surface area (Å²) in [5.41, 5.74) is -0.135. The molecule has 2 N–H and O–H groups in total. The fourth-order valence-electron chi connectivity index (χ4n) is 1.83. The largest absolute Gasteiger partial charge is 0.464 e. The van der Waals surface area contributed by atoms with E-state index in [0.717, 1.165) is 6.92 Å². The van der Waals surface area contributed by atoms with E-state index in [1.165, 1.54) is 12.3 Å². The second-order valence-electron chi connectivity index (χ2n) is 4.58. The number of esters is 2. The average Bonchev–Trinajstić information content (AvgIpc) is 2.53. The van der Waals surface area contributed by atoms with Crippen molar-refractivity contribution in [1.82, 2.24) is 10.3 Å². The first-order valence-corrected chi connectivity index (χ1v) is 7.29. The summed E-state index contributed by atoms with van der Waals surface area (Å²) in [6.07, 6.45) is 1.94. The summed E-state index contributed by atoms with van der Waals surface area (Å²) in [4.78, 5) is 49.9. The number of nitrogens with zero attached hydrogens (tertiary/aromatic N) is 1.